The molecule has 0 saturated carbocycles. The Labute approximate surface area is 139 Å². The Morgan fingerprint density at radius 1 is 1.48 bits per heavy atom. The average Bonchev–Trinajstić information content (AvgIpc) is 2.88. The Kier molecular flexibility index (Phi) is 5.64. The molecule has 126 valence electrons. The van der Waals surface area contributed by atoms with Crippen LogP contribution in [0, 0.1) is 0 Å². The SMILES string of the molecule is CCN(C(=O)COC1=NN(F)C(C(F)(F)Cl)S1)c1ccccc1. The zero-order valence-corrected chi connectivity index (χ0v) is 13.5. The number of ether oxygens (including phenoxy) is 1. The van der Waals surface area contributed by atoms with Crippen molar-refractivity contribution < 1.29 is 22.8 Å². The van der Waals surface area contributed by atoms with Crippen LogP contribution < -0.4 is 4.90 Å². The van der Waals surface area contributed by atoms with Crippen LogP contribution in [0.5, 0.6) is 0 Å². The fraction of sp³-hybridized carbons (Fsp3) is 0.385. The third-order valence-electron chi connectivity index (χ3n) is 2.87. The van der Waals surface area contributed by atoms with Crippen LogP contribution in [-0.2, 0) is 9.53 Å². The molecule has 0 aliphatic carbocycles. The van der Waals surface area contributed by atoms with E-state index in [-0.39, 0.29) is 5.23 Å². The lowest BCUT2D eigenvalue weighted by Gasteiger charge is -2.20. The molecule has 1 aliphatic heterocycles. The second kappa shape index (κ2) is 7.31. The number of carbonyl (C=O) groups excluding carboxylic acids is 1. The van der Waals surface area contributed by atoms with Crippen LogP contribution in [0.15, 0.2) is 35.4 Å². The number of carbonyl (C=O) groups is 1. The lowest BCUT2D eigenvalue weighted by molar-refractivity contribution is -0.120. The molecule has 5 nitrogen and oxygen atoms in total. The second-order valence-electron chi connectivity index (χ2n) is 4.43. The van der Waals surface area contributed by atoms with Crippen molar-refractivity contribution in [2.45, 2.75) is 17.7 Å². The predicted molar refractivity (Wildman–Crippen MR) is 83.0 cm³/mol. The highest BCUT2D eigenvalue weighted by Crippen LogP contribution is 2.40. The molecule has 0 radical (unpaired) electrons. The van der Waals surface area contributed by atoms with Crippen LogP contribution in [0.3, 0.4) is 0 Å². The van der Waals surface area contributed by atoms with Crippen LogP contribution in [0.1, 0.15) is 6.92 Å². The average molecular weight is 368 g/mol. The van der Waals surface area contributed by atoms with E-state index in [9.17, 15) is 18.1 Å². The maximum absolute atomic E-state index is 13.2. The maximum Gasteiger partial charge on any atom is 0.355 e. The van der Waals surface area contributed by atoms with E-state index in [0.717, 1.165) is 0 Å². The predicted octanol–water partition coefficient (Wildman–Crippen LogP) is 3.42. The summed E-state index contributed by atoms with van der Waals surface area (Å²) >= 11 is 5.08. The highest BCUT2D eigenvalue weighted by Gasteiger charge is 2.48. The molecule has 0 saturated heterocycles. The zero-order chi connectivity index (χ0) is 17.0. The van der Waals surface area contributed by atoms with Gasteiger partial charge in [0.15, 0.2) is 6.61 Å². The third-order valence-corrected chi connectivity index (χ3v) is 4.30. The van der Waals surface area contributed by atoms with Crippen molar-refractivity contribution in [1.82, 2.24) is 5.23 Å². The van der Waals surface area contributed by atoms with Gasteiger partial charge in [-0.05, 0) is 42.4 Å². The van der Waals surface area contributed by atoms with Crippen molar-refractivity contribution >= 4 is 40.2 Å². The van der Waals surface area contributed by atoms with E-state index < -0.39 is 28.5 Å². The molecule has 1 atom stereocenters. The Balaban J connectivity index is 1.93. The molecular formula is C13H13ClF3N3O2S. The van der Waals surface area contributed by atoms with E-state index in [0.29, 0.717) is 24.0 Å². The van der Waals surface area contributed by atoms with Crippen molar-refractivity contribution in [3.8, 4) is 0 Å². The molecule has 1 unspecified atom stereocenters. The first-order chi connectivity index (χ1) is 10.8. The molecule has 1 aliphatic rings. The summed E-state index contributed by atoms with van der Waals surface area (Å²) in [5.74, 6) is -0.409. The van der Waals surface area contributed by atoms with Crippen molar-refractivity contribution in [2.24, 2.45) is 5.10 Å². The van der Waals surface area contributed by atoms with Gasteiger partial charge in [-0.3, -0.25) is 4.79 Å². The molecular weight excluding hydrogens is 355 g/mol. The van der Waals surface area contributed by atoms with Gasteiger partial charge in [0, 0.05) is 12.2 Å². The molecule has 0 spiro atoms. The van der Waals surface area contributed by atoms with Crippen molar-refractivity contribution in [3.63, 3.8) is 0 Å². The summed E-state index contributed by atoms with van der Waals surface area (Å²) in [5, 5.41) is -3.55. The lowest BCUT2D eigenvalue weighted by atomic mass is 10.3. The summed E-state index contributed by atoms with van der Waals surface area (Å²) in [6, 6.07) is 8.85. The molecule has 1 amide bonds. The van der Waals surface area contributed by atoms with Crippen LogP contribution in [-0.4, -0.2) is 40.3 Å². The number of amides is 1. The topological polar surface area (TPSA) is 45.1 Å². The fourth-order valence-corrected chi connectivity index (χ4v) is 2.78. The number of rotatable bonds is 5. The Bertz CT molecular complexity index is 586. The van der Waals surface area contributed by atoms with E-state index in [2.05, 4.69) is 5.10 Å². The van der Waals surface area contributed by atoms with Gasteiger partial charge in [-0.1, -0.05) is 22.7 Å². The molecule has 1 aromatic carbocycles. The minimum atomic E-state index is -3.82. The van der Waals surface area contributed by atoms with Gasteiger partial charge < -0.3 is 9.64 Å². The normalized spacial score (nSPS) is 17.9. The number of hydrogen-bond acceptors (Lipinski definition) is 5. The Morgan fingerprint density at radius 2 is 2.13 bits per heavy atom. The lowest BCUT2D eigenvalue weighted by Crippen LogP contribution is -2.34. The van der Waals surface area contributed by atoms with Gasteiger partial charge in [-0.2, -0.15) is 8.78 Å². The highest BCUT2D eigenvalue weighted by atomic mass is 35.5. The molecule has 1 aromatic rings. The number of benzene rings is 1. The summed E-state index contributed by atoms with van der Waals surface area (Å²) in [4.78, 5) is 13.6. The second-order valence-corrected chi connectivity index (χ2v) is 5.96. The molecule has 10 heteroatoms. The Hall–Kier alpha value is -1.61. The summed E-state index contributed by atoms with van der Waals surface area (Å²) in [7, 11) is 0. The first-order valence-electron chi connectivity index (χ1n) is 6.58. The molecule has 0 aromatic heterocycles. The molecule has 0 bridgehead atoms. The largest absolute Gasteiger partial charge is 0.462 e. The summed E-state index contributed by atoms with van der Waals surface area (Å²) < 4.78 is 44.1. The summed E-state index contributed by atoms with van der Waals surface area (Å²) in [6.45, 7) is 1.71. The molecule has 1 heterocycles. The number of hydrogen-bond donors (Lipinski definition) is 0. The molecule has 0 fully saturated rings. The number of anilines is 1. The monoisotopic (exact) mass is 367 g/mol. The zero-order valence-electron chi connectivity index (χ0n) is 12.0. The van der Waals surface area contributed by atoms with E-state index in [1.54, 1.807) is 31.2 Å². The van der Waals surface area contributed by atoms with Crippen LogP contribution in [0.4, 0.5) is 18.9 Å². The number of nitrogens with zero attached hydrogens (tertiary/aromatic N) is 3. The molecule has 23 heavy (non-hydrogen) atoms. The summed E-state index contributed by atoms with van der Waals surface area (Å²) in [5.41, 5.74) is 0.668. The van der Waals surface area contributed by atoms with Gasteiger partial charge >= 0.3 is 5.38 Å². The summed E-state index contributed by atoms with van der Waals surface area (Å²) in [6.07, 6.45) is 0. The first-order valence-corrected chi connectivity index (χ1v) is 7.84. The van der Waals surface area contributed by atoms with E-state index in [1.165, 1.54) is 4.90 Å². The minimum Gasteiger partial charge on any atom is -0.462 e. The van der Waals surface area contributed by atoms with Gasteiger partial charge in [0.2, 0.25) is 5.37 Å². The number of halogens is 4. The van der Waals surface area contributed by atoms with Gasteiger partial charge in [-0.15, -0.1) is 10.3 Å². The number of thioether (sulfide) groups is 1. The van der Waals surface area contributed by atoms with Gasteiger partial charge in [0.05, 0.1) is 0 Å². The van der Waals surface area contributed by atoms with Gasteiger partial charge in [-0.25, -0.2) is 0 Å². The van der Waals surface area contributed by atoms with Crippen molar-refractivity contribution in [1.29, 1.82) is 0 Å². The van der Waals surface area contributed by atoms with Crippen LogP contribution >= 0.6 is 23.4 Å². The number of para-hydroxylation sites is 1. The minimum absolute atomic E-state index is 0.309. The highest BCUT2D eigenvalue weighted by molar-refractivity contribution is 8.14. The Morgan fingerprint density at radius 3 is 2.65 bits per heavy atom. The third kappa shape index (κ3) is 4.44. The quantitative estimate of drug-likeness (QED) is 0.591. The maximum atomic E-state index is 13.2. The van der Waals surface area contributed by atoms with E-state index >= 15 is 0 Å². The van der Waals surface area contributed by atoms with Crippen LogP contribution in [0.2, 0.25) is 0 Å². The van der Waals surface area contributed by atoms with Crippen molar-refractivity contribution in [2.75, 3.05) is 18.1 Å². The van der Waals surface area contributed by atoms with Crippen LogP contribution in [0.25, 0.3) is 0 Å². The molecule has 0 N–H and O–H groups in total. The standard InChI is InChI=1S/C13H13ClF3N3O2S/c1-2-19(9-6-4-3-5-7-9)10(21)8-22-12-18-20(17)11(23-12)13(14,15)16/h3-7,11H,2,8H2,1H3. The van der Waals surface area contributed by atoms with E-state index in [4.69, 9.17) is 16.3 Å². The fourth-order valence-electron chi connectivity index (χ4n) is 1.86. The smallest absolute Gasteiger partial charge is 0.355 e. The first kappa shape index (κ1) is 17.7. The van der Waals surface area contributed by atoms with Gasteiger partial charge in [0.1, 0.15) is 0 Å². The van der Waals surface area contributed by atoms with Crippen molar-refractivity contribution in [3.05, 3.63) is 30.3 Å². The van der Waals surface area contributed by atoms with Gasteiger partial charge in [0.25, 0.3) is 11.1 Å². The van der Waals surface area contributed by atoms with E-state index in [1.807, 2.05) is 6.07 Å². The number of likely N-dealkylation sites (N-methyl/N-ethyl adjacent to an activating group) is 1. The number of hydrazone groups is 1. The molecule has 2 rings (SSSR count). The number of alkyl halides is 3.